The summed E-state index contributed by atoms with van der Waals surface area (Å²) in [4.78, 5) is 8.96. The zero-order chi connectivity index (χ0) is 28.7. The van der Waals surface area contributed by atoms with Crippen molar-refractivity contribution < 1.29 is 12.8 Å². The van der Waals surface area contributed by atoms with Crippen LogP contribution in [0.1, 0.15) is 63.0 Å². The second-order valence-electron chi connectivity index (χ2n) is 11.1. The van der Waals surface area contributed by atoms with Crippen molar-refractivity contribution in [1.82, 2.24) is 18.8 Å². The van der Waals surface area contributed by atoms with E-state index in [1.54, 1.807) is 42.6 Å². The van der Waals surface area contributed by atoms with Gasteiger partial charge in [-0.3, -0.25) is 4.90 Å². The molecule has 41 heavy (non-hydrogen) atoms. The number of fused-ring (bicyclic) bond motifs is 1. The molecule has 0 unspecified atom stereocenters. The molecule has 8 heteroatoms. The van der Waals surface area contributed by atoms with E-state index in [0.29, 0.717) is 30.2 Å². The Kier molecular flexibility index (Phi) is 9.85. The van der Waals surface area contributed by atoms with Crippen molar-refractivity contribution >= 4 is 20.9 Å². The highest BCUT2D eigenvalue weighted by atomic mass is 32.2. The summed E-state index contributed by atoms with van der Waals surface area (Å²) < 4.78 is 43.2. The average Bonchev–Trinajstić information content (AvgIpc) is 3.38. The maximum atomic E-state index is 14.6. The minimum absolute atomic E-state index is 0.250. The first-order valence-corrected chi connectivity index (χ1v) is 16.4. The Morgan fingerprint density at radius 3 is 2.34 bits per heavy atom. The van der Waals surface area contributed by atoms with E-state index in [2.05, 4.69) is 21.7 Å². The number of hydrogen-bond donors (Lipinski definition) is 0. The third-order valence-electron chi connectivity index (χ3n) is 8.35. The van der Waals surface area contributed by atoms with Crippen molar-refractivity contribution in [2.24, 2.45) is 0 Å². The average molecular weight is 577 g/mol. The number of benzene rings is 2. The SMILES string of the molecule is CCN(CCCCN(Cc1cccnc1F)Cc1cn(S(=O)(=O)c2ccccc2)c2ccccc12)C1CCCCC1. The third kappa shape index (κ3) is 7.05. The summed E-state index contributed by atoms with van der Waals surface area (Å²) in [5, 5.41) is 0.887. The van der Waals surface area contributed by atoms with Gasteiger partial charge in [-0.25, -0.2) is 17.4 Å². The van der Waals surface area contributed by atoms with Crippen molar-refractivity contribution in [2.45, 2.75) is 75.9 Å². The predicted octanol–water partition coefficient (Wildman–Crippen LogP) is 6.85. The fraction of sp³-hybridized carbons (Fsp3) is 0.424. The molecule has 0 atom stereocenters. The van der Waals surface area contributed by atoms with E-state index in [9.17, 15) is 12.8 Å². The molecule has 2 aromatic carbocycles. The number of halogens is 1. The highest BCUT2D eigenvalue weighted by Crippen LogP contribution is 2.28. The molecule has 0 amide bonds. The van der Waals surface area contributed by atoms with E-state index in [1.165, 1.54) is 42.3 Å². The van der Waals surface area contributed by atoms with Crippen LogP contribution in [0.4, 0.5) is 4.39 Å². The van der Waals surface area contributed by atoms with Gasteiger partial charge in [-0.05, 0) is 75.1 Å². The second kappa shape index (κ2) is 13.7. The Morgan fingerprint density at radius 1 is 0.878 bits per heavy atom. The molecule has 2 aromatic heterocycles. The van der Waals surface area contributed by atoms with Crippen LogP contribution in [-0.2, 0) is 23.1 Å². The van der Waals surface area contributed by atoms with Crippen LogP contribution in [-0.4, -0.2) is 52.9 Å². The molecule has 1 saturated carbocycles. The molecule has 0 aliphatic heterocycles. The van der Waals surface area contributed by atoms with Crippen molar-refractivity contribution in [2.75, 3.05) is 19.6 Å². The Bertz CT molecular complexity index is 1520. The Balaban J connectivity index is 1.36. The number of hydrogen-bond acceptors (Lipinski definition) is 5. The summed E-state index contributed by atoms with van der Waals surface area (Å²) >= 11 is 0. The van der Waals surface area contributed by atoms with Gasteiger partial charge in [-0.2, -0.15) is 4.39 Å². The molecule has 1 fully saturated rings. The summed E-state index contributed by atoms with van der Waals surface area (Å²) in [5.74, 6) is -0.457. The Labute approximate surface area is 243 Å². The van der Waals surface area contributed by atoms with Crippen LogP contribution in [0.5, 0.6) is 0 Å². The molecule has 5 rings (SSSR count). The van der Waals surface area contributed by atoms with Gasteiger partial charge in [-0.1, -0.05) is 68.7 Å². The maximum absolute atomic E-state index is 14.6. The topological polar surface area (TPSA) is 58.4 Å². The summed E-state index contributed by atoms with van der Waals surface area (Å²) in [6.07, 6.45) is 11.9. The highest BCUT2D eigenvalue weighted by Gasteiger charge is 2.23. The van der Waals surface area contributed by atoms with Gasteiger partial charge in [-0.15, -0.1) is 0 Å². The van der Waals surface area contributed by atoms with E-state index in [4.69, 9.17) is 0 Å². The van der Waals surface area contributed by atoms with Crippen LogP contribution in [0, 0.1) is 5.95 Å². The van der Waals surface area contributed by atoms with Gasteiger partial charge >= 0.3 is 0 Å². The molecule has 218 valence electrons. The molecule has 2 heterocycles. The summed E-state index contributed by atoms with van der Waals surface area (Å²) in [6, 6.07) is 20.4. The summed E-state index contributed by atoms with van der Waals surface area (Å²) in [7, 11) is -3.77. The number of nitrogens with zero attached hydrogens (tertiary/aromatic N) is 4. The molecular weight excluding hydrogens is 535 g/mol. The Morgan fingerprint density at radius 2 is 1.59 bits per heavy atom. The first-order chi connectivity index (χ1) is 20.0. The van der Waals surface area contributed by atoms with Crippen LogP contribution in [0.3, 0.4) is 0 Å². The van der Waals surface area contributed by atoms with E-state index in [1.807, 2.05) is 30.3 Å². The van der Waals surface area contributed by atoms with Crippen LogP contribution >= 0.6 is 0 Å². The van der Waals surface area contributed by atoms with Crippen LogP contribution in [0.2, 0.25) is 0 Å². The van der Waals surface area contributed by atoms with Crippen molar-refractivity contribution in [1.29, 1.82) is 0 Å². The molecule has 0 N–H and O–H groups in total. The first-order valence-electron chi connectivity index (χ1n) is 14.9. The van der Waals surface area contributed by atoms with E-state index in [-0.39, 0.29) is 4.90 Å². The van der Waals surface area contributed by atoms with Crippen LogP contribution in [0.25, 0.3) is 10.9 Å². The lowest BCUT2D eigenvalue weighted by molar-refractivity contribution is 0.156. The first kappa shape index (κ1) is 29.4. The molecule has 0 spiro atoms. The fourth-order valence-electron chi connectivity index (χ4n) is 6.18. The van der Waals surface area contributed by atoms with Gasteiger partial charge in [0, 0.05) is 42.5 Å². The van der Waals surface area contributed by atoms with Gasteiger partial charge < -0.3 is 4.90 Å². The van der Waals surface area contributed by atoms with Crippen molar-refractivity contribution in [3.8, 4) is 0 Å². The minimum atomic E-state index is -3.77. The van der Waals surface area contributed by atoms with E-state index in [0.717, 1.165) is 43.4 Å². The monoisotopic (exact) mass is 576 g/mol. The minimum Gasteiger partial charge on any atom is -0.301 e. The molecule has 0 bridgehead atoms. The van der Waals surface area contributed by atoms with E-state index >= 15 is 0 Å². The fourth-order valence-corrected chi connectivity index (χ4v) is 7.59. The molecular formula is C33H41FN4O2S. The van der Waals surface area contributed by atoms with Crippen LogP contribution < -0.4 is 0 Å². The van der Waals surface area contributed by atoms with Gasteiger partial charge in [0.05, 0.1) is 10.4 Å². The molecule has 0 radical (unpaired) electrons. The van der Waals surface area contributed by atoms with Gasteiger partial charge in [0.2, 0.25) is 5.95 Å². The molecule has 4 aromatic rings. The maximum Gasteiger partial charge on any atom is 0.268 e. The number of rotatable bonds is 13. The lowest BCUT2D eigenvalue weighted by Crippen LogP contribution is -2.37. The van der Waals surface area contributed by atoms with Crippen molar-refractivity contribution in [3.63, 3.8) is 0 Å². The van der Waals surface area contributed by atoms with E-state index < -0.39 is 16.0 Å². The summed E-state index contributed by atoms with van der Waals surface area (Å²) in [5.41, 5.74) is 2.09. The largest absolute Gasteiger partial charge is 0.301 e. The zero-order valence-electron chi connectivity index (χ0n) is 24.0. The number of pyridine rings is 1. The van der Waals surface area contributed by atoms with Crippen LogP contribution in [0.15, 0.2) is 84.0 Å². The Hall–Kier alpha value is -3.07. The van der Waals surface area contributed by atoms with Crippen molar-refractivity contribution in [3.05, 3.63) is 96.2 Å². The molecule has 6 nitrogen and oxygen atoms in total. The zero-order valence-corrected chi connectivity index (χ0v) is 24.8. The second-order valence-corrected chi connectivity index (χ2v) is 12.9. The van der Waals surface area contributed by atoms with Gasteiger partial charge in [0.25, 0.3) is 10.0 Å². The number of para-hydroxylation sites is 1. The smallest absolute Gasteiger partial charge is 0.268 e. The quantitative estimate of drug-likeness (QED) is 0.129. The standard InChI is InChI=1S/C33H41FN4O2S/c1-2-37(29-15-5-3-6-16-29)23-12-11-22-36(24-27-14-13-21-35-33(27)34)25-28-26-38(32-20-10-9-19-31(28)32)41(39,40)30-17-7-4-8-18-30/h4,7-10,13-14,17-21,26,29H,2-3,5-6,11-12,15-16,22-25H2,1H3. The lowest BCUT2D eigenvalue weighted by Gasteiger charge is -2.33. The number of aromatic nitrogens is 2. The van der Waals surface area contributed by atoms with Gasteiger partial charge in [0.1, 0.15) is 0 Å². The third-order valence-corrected chi connectivity index (χ3v) is 10.0. The number of unbranched alkanes of at least 4 members (excludes halogenated alkanes) is 1. The summed E-state index contributed by atoms with van der Waals surface area (Å²) in [6.45, 7) is 6.10. The molecule has 1 aliphatic rings. The van der Waals surface area contributed by atoms with Gasteiger partial charge in [0.15, 0.2) is 0 Å². The highest BCUT2D eigenvalue weighted by molar-refractivity contribution is 7.90. The molecule has 1 aliphatic carbocycles. The molecule has 0 saturated heterocycles. The lowest BCUT2D eigenvalue weighted by atomic mass is 9.94. The predicted molar refractivity (Wildman–Crippen MR) is 163 cm³/mol. The normalized spacial score (nSPS) is 14.8.